The molecule has 0 radical (unpaired) electrons. The van der Waals surface area contributed by atoms with Gasteiger partial charge in [0, 0.05) is 19.6 Å². The van der Waals surface area contributed by atoms with Crippen molar-refractivity contribution in [2.45, 2.75) is 19.1 Å². The van der Waals surface area contributed by atoms with Crippen molar-refractivity contribution in [2.75, 3.05) is 39.5 Å². The lowest BCUT2D eigenvalue weighted by Gasteiger charge is -2.26. The third-order valence-corrected chi connectivity index (χ3v) is 4.33. The number of rotatable bonds is 11. The molecule has 0 spiro atoms. The van der Waals surface area contributed by atoms with Gasteiger partial charge in [-0.2, -0.15) is 0 Å². The number of aliphatic hydroxyl groups is 3. The molecule has 2 aromatic carbocycles. The van der Waals surface area contributed by atoms with E-state index >= 15 is 0 Å². The average Bonchev–Trinajstić information content (AvgIpc) is 2.64. The number of hydrogen-bond donors (Lipinski definition) is 3. The molecule has 2 atom stereocenters. The highest BCUT2D eigenvalue weighted by Gasteiger charge is 2.19. The number of nitrogens with zero attached hydrogens (tertiary/aromatic N) is 1. The standard InChI is InChI=1S/C21H29NO4/c1-17-7-5-6-10-20(17)21(18-8-3-2-4-9-18)26-16-19(25)15-22(11-13-23)12-14-24/h2-10,19,21,23-25H,11-16H2,1H3/t19-,21-/m1/s1. The molecule has 0 saturated heterocycles. The first-order valence-corrected chi connectivity index (χ1v) is 9.00. The summed E-state index contributed by atoms with van der Waals surface area (Å²) in [5, 5.41) is 28.5. The van der Waals surface area contributed by atoms with E-state index in [0.717, 1.165) is 16.7 Å². The maximum absolute atomic E-state index is 10.4. The van der Waals surface area contributed by atoms with Gasteiger partial charge in [-0.25, -0.2) is 0 Å². The number of aryl methyl sites for hydroxylation is 1. The Hall–Kier alpha value is -1.76. The minimum atomic E-state index is -0.705. The molecule has 0 aliphatic rings. The molecule has 0 bridgehead atoms. The van der Waals surface area contributed by atoms with Crippen molar-refractivity contribution in [1.82, 2.24) is 4.90 Å². The predicted octanol–water partition coefficient (Wildman–Crippen LogP) is 1.75. The fourth-order valence-corrected chi connectivity index (χ4v) is 3.01. The first kappa shape index (κ1) is 20.6. The van der Waals surface area contributed by atoms with Crippen LogP contribution in [0.5, 0.6) is 0 Å². The van der Waals surface area contributed by atoms with Gasteiger partial charge in [0.2, 0.25) is 0 Å². The second-order valence-electron chi connectivity index (χ2n) is 6.38. The molecule has 142 valence electrons. The quantitative estimate of drug-likeness (QED) is 0.570. The molecule has 0 aromatic heterocycles. The Balaban J connectivity index is 2.07. The van der Waals surface area contributed by atoms with Gasteiger partial charge in [-0.3, -0.25) is 4.90 Å². The minimum Gasteiger partial charge on any atom is -0.395 e. The highest BCUT2D eigenvalue weighted by molar-refractivity contribution is 5.35. The summed E-state index contributed by atoms with van der Waals surface area (Å²) < 4.78 is 6.11. The summed E-state index contributed by atoms with van der Waals surface area (Å²) >= 11 is 0. The van der Waals surface area contributed by atoms with E-state index in [2.05, 4.69) is 13.0 Å². The van der Waals surface area contributed by atoms with Gasteiger partial charge < -0.3 is 20.1 Å². The van der Waals surface area contributed by atoms with Gasteiger partial charge in [0.25, 0.3) is 0 Å². The SMILES string of the molecule is Cc1ccccc1[C@H](OC[C@H](O)CN(CCO)CCO)c1ccccc1. The zero-order valence-electron chi connectivity index (χ0n) is 15.3. The van der Waals surface area contributed by atoms with Crippen LogP contribution in [0.25, 0.3) is 0 Å². The molecule has 0 unspecified atom stereocenters. The van der Waals surface area contributed by atoms with Gasteiger partial charge in [-0.1, -0.05) is 54.6 Å². The van der Waals surface area contributed by atoms with Crippen molar-refractivity contribution in [1.29, 1.82) is 0 Å². The normalized spacial score (nSPS) is 13.7. The molecule has 0 aliphatic carbocycles. The van der Waals surface area contributed by atoms with Crippen LogP contribution in [0.1, 0.15) is 22.8 Å². The summed E-state index contributed by atoms with van der Waals surface area (Å²) in [5.41, 5.74) is 3.25. The summed E-state index contributed by atoms with van der Waals surface area (Å²) in [6.45, 7) is 3.37. The summed E-state index contributed by atoms with van der Waals surface area (Å²) in [6, 6.07) is 18.0. The molecule has 0 aliphatic heterocycles. The third-order valence-electron chi connectivity index (χ3n) is 4.33. The molecule has 3 N–H and O–H groups in total. The van der Waals surface area contributed by atoms with E-state index in [1.165, 1.54) is 0 Å². The van der Waals surface area contributed by atoms with E-state index in [1.807, 2.05) is 53.4 Å². The van der Waals surface area contributed by atoms with Crippen molar-refractivity contribution < 1.29 is 20.1 Å². The van der Waals surface area contributed by atoms with E-state index in [0.29, 0.717) is 19.6 Å². The smallest absolute Gasteiger partial charge is 0.108 e. The van der Waals surface area contributed by atoms with Crippen LogP contribution < -0.4 is 0 Å². The molecule has 0 saturated carbocycles. The molecule has 5 nitrogen and oxygen atoms in total. The lowest BCUT2D eigenvalue weighted by Crippen LogP contribution is -2.38. The Morgan fingerprint density at radius 1 is 0.923 bits per heavy atom. The molecule has 2 aromatic rings. The first-order chi connectivity index (χ1) is 12.7. The Bertz CT molecular complexity index is 629. The molecule has 0 amide bonds. The lowest BCUT2D eigenvalue weighted by atomic mass is 9.97. The highest BCUT2D eigenvalue weighted by Crippen LogP contribution is 2.28. The van der Waals surface area contributed by atoms with Crippen molar-refractivity contribution in [3.05, 3.63) is 71.3 Å². The number of hydrogen-bond acceptors (Lipinski definition) is 5. The second kappa shape index (κ2) is 11.1. The van der Waals surface area contributed by atoms with E-state index in [-0.39, 0.29) is 25.9 Å². The molecule has 0 heterocycles. The lowest BCUT2D eigenvalue weighted by molar-refractivity contribution is -0.0118. The molecule has 5 heteroatoms. The number of ether oxygens (including phenoxy) is 1. The Morgan fingerprint density at radius 3 is 2.15 bits per heavy atom. The van der Waals surface area contributed by atoms with E-state index in [1.54, 1.807) is 0 Å². The van der Waals surface area contributed by atoms with E-state index < -0.39 is 6.10 Å². The van der Waals surface area contributed by atoms with Gasteiger partial charge in [-0.05, 0) is 23.6 Å². The van der Waals surface area contributed by atoms with Crippen molar-refractivity contribution in [2.24, 2.45) is 0 Å². The van der Waals surface area contributed by atoms with Crippen LogP contribution in [0.3, 0.4) is 0 Å². The van der Waals surface area contributed by atoms with Crippen molar-refractivity contribution in [3.8, 4) is 0 Å². The maximum Gasteiger partial charge on any atom is 0.108 e. The predicted molar refractivity (Wildman–Crippen MR) is 102 cm³/mol. The summed E-state index contributed by atoms with van der Waals surface area (Å²) in [5.74, 6) is 0. The van der Waals surface area contributed by atoms with Crippen LogP contribution >= 0.6 is 0 Å². The Kier molecular flexibility index (Phi) is 8.74. The molecular formula is C21H29NO4. The van der Waals surface area contributed by atoms with Crippen LogP contribution in [0.4, 0.5) is 0 Å². The van der Waals surface area contributed by atoms with Gasteiger partial charge in [0.15, 0.2) is 0 Å². The molecular weight excluding hydrogens is 330 g/mol. The Labute approximate surface area is 155 Å². The van der Waals surface area contributed by atoms with Gasteiger partial charge in [-0.15, -0.1) is 0 Å². The topological polar surface area (TPSA) is 73.2 Å². The zero-order valence-corrected chi connectivity index (χ0v) is 15.3. The van der Waals surface area contributed by atoms with Crippen LogP contribution in [0, 0.1) is 6.92 Å². The van der Waals surface area contributed by atoms with Gasteiger partial charge >= 0.3 is 0 Å². The summed E-state index contributed by atoms with van der Waals surface area (Å²) in [7, 11) is 0. The van der Waals surface area contributed by atoms with Crippen molar-refractivity contribution in [3.63, 3.8) is 0 Å². The third kappa shape index (κ3) is 6.20. The number of benzene rings is 2. The fourth-order valence-electron chi connectivity index (χ4n) is 3.01. The maximum atomic E-state index is 10.4. The van der Waals surface area contributed by atoms with Gasteiger partial charge in [0.1, 0.15) is 6.10 Å². The monoisotopic (exact) mass is 359 g/mol. The van der Waals surface area contributed by atoms with E-state index in [4.69, 9.17) is 14.9 Å². The fraction of sp³-hybridized carbons (Fsp3) is 0.429. The highest BCUT2D eigenvalue weighted by atomic mass is 16.5. The average molecular weight is 359 g/mol. The molecule has 26 heavy (non-hydrogen) atoms. The van der Waals surface area contributed by atoms with Crippen LogP contribution in [0.15, 0.2) is 54.6 Å². The Morgan fingerprint density at radius 2 is 1.54 bits per heavy atom. The van der Waals surface area contributed by atoms with Crippen LogP contribution in [0.2, 0.25) is 0 Å². The summed E-state index contributed by atoms with van der Waals surface area (Å²) in [6.07, 6.45) is -0.959. The summed E-state index contributed by atoms with van der Waals surface area (Å²) in [4.78, 5) is 1.82. The number of aliphatic hydroxyl groups excluding tert-OH is 3. The first-order valence-electron chi connectivity index (χ1n) is 9.00. The largest absolute Gasteiger partial charge is 0.395 e. The molecule has 2 rings (SSSR count). The van der Waals surface area contributed by atoms with Gasteiger partial charge in [0.05, 0.1) is 25.9 Å². The van der Waals surface area contributed by atoms with E-state index in [9.17, 15) is 5.11 Å². The van der Waals surface area contributed by atoms with Crippen LogP contribution in [-0.4, -0.2) is 65.8 Å². The minimum absolute atomic E-state index is 0.0105. The van der Waals surface area contributed by atoms with Crippen LogP contribution in [-0.2, 0) is 4.74 Å². The molecule has 0 fully saturated rings. The second-order valence-corrected chi connectivity index (χ2v) is 6.38. The zero-order chi connectivity index (χ0) is 18.8. The van der Waals surface area contributed by atoms with Crippen molar-refractivity contribution >= 4 is 0 Å².